The molecule has 0 aliphatic rings. The molecule has 0 unspecified atom stereocenters. The van der Waals surface area contributed by atoms with Crippen molar-refractivity contribution in [3.63, 3.8) is 0 Å². The Kier molecular flexibility index (Phi) is 5.30. The summed E-state index contributed by atoms with van der Waals surface area (Å²) in [7, 11) is 3.18. The summed E-state index contributed by atoms with van der Waals surface area (Å²) in [6.45, 7) is 0.475. The van der Waals surface area contributed by atoms with Gasteiger partial charge in [0, 0.05) is 17.5 Å². The molecule has 0 spiro atoms. The van der Waals surface area contributed by atoms with Gasteiger partial charge in [0.05, 0.1) is 14.2 Å². The van der Waals surface area contributed by atoms with E-state index in [0.717, 1.165) is 16.1 Å². The van der Waals surface area contributed by atoms with Crippen molar-refractivity contribution >= 4 is 17.2 Å². The summed E-state index contributed by atoms with van der Waals surface area (Å²) in [4.78, 5) is 16.7. The van der Waals surface area contributed by atoms with Crippen LogP contribution in [0.2, 0.25) is 0 Å². The summed E-state index contributed by atoms with van der Waals surface area (Å²) in [5, 5.41) is 5.39. The number of carbonyl (C=O) groups excluding carboxylic acids is 1. The van der Waals surface area contributed by atoms with Gasteiger partial charge in [-0.25, -0.2) is 4.98 Å². The normalized spacial score (nSPS) is 10.3. The fourth-order valence-electron chi connectivity index (χ4n) is 2.35. The molecule has 3 aromatic rings. The van der Waals surface area contributed by atoms with Crippen LogP contribution >= 0.6 is 11.3 Å². The summed E-state index contributed by atoms with van der Waals surface area (Å²) in [5.74, 6) is 1.10. The van der Waals surface area contributed by atoms with E-state index in [1.54, 1.807) is 19.6 Å². The third kappa shape index (κ3) is 3.97. The van der Waals surface area contributed by atoms with Gasteiger partial charge in [-0.2, -0.15) is 0 Å². The Morgan fingerprint density at radius 2 is 1.84 bits per heavy atom. The average molecular weight is 354 g/mol. The van der Waals surface area contributed by atoms with E-state index in [9.17, 15) is 4.79 Å². The van der Waals surface area contributed by atoms with Gasteiger partial charge >= 0.3 is 0 Å². The standard InChI is InChI=1S/C19H18N2O3S/c1-23-16-9-8-14(10-17(16)24-2)19-21-15(12-25-19)18(22)20-11-13-6-4-3-5-7-13/h3-10,12H,11H2,1-2H3,(H,20,22). The Labute approximate surface area is 150 Å². The molecule has 1 amide bonds. The molecule has 128 valence electrons. The lowest BCUT2D eigenvalue weighted by atomic mass is 10.2. The van der Waals surface area contributed by atoms with Gasteiger partial charge in [0.15, 0.2) is 11.5 Å². The highest BCUT2D eigenvalue weighted by atomic mass is 32.1. The SMILES string of the molecule is COc1ccc(-c2nc(C(=O)NCc3ccccc3)cs2)cc1OC. The molecule has 25 heavy (non-hydrogen) atoms. The molecular weight excluding hydrogens is 336 g/mol. The van der Waals surface area contributed by atoms with Crippen LogP contribution in [0.1, 0.15) is 16.1 Å². The van der Waals surface area contributed by atoms with Crippen molar-refractivity contribution in [2.24, 2.45) is 0 Å². The highest BCUT2D eigenvalue weighted by molar-refractivity contribution is 7.13. The quantitative estimate of drug-likeness (QED) is 0.732. The van der Waals surface area contributed by atoms with Gasteiger partial charge in [0.1, 0.15) is 10.7 Å². The number of rotatable bonds is 6. The van der Waals surface area contributed by atoms with E-state index < -0.39 is 0 Å². The van der Waals surface area contributed by atoms with Crippen molar-refractivity contribution in [3.05, 3.63) is 65.2 Å². The number of ether oxygens (including phenoxy) is 2. The average Bonchev–Trinajstić information content (AvgIpc) is 3.16. The second-order valence-corrected chi connectivity index (χ2v) is 6.13. The molecule has 0 bridgehead atoms. The Hall–Kier alpha value is -2.86. The van der Waals surface area contributed by atoms with Gasteiger partial charge in [-0.3, -0.25) is 4.79 Å². The number of amides is 1. The van der Waals surface area contributed by atoms with Gasteiger partial charge in [-0.1, -0.05) is 30.3 Å². The summed E-state index contributed by atoms with van der Waals surface area (Å²) >= 11 is 1.42. The number of nitrogens with zero attached hydrogens (tertiary/aromatic N) is 1. The molecule has 2 aromatic carbocycles. The van der Waals surface area contributed by atoms with Crippen molar-refractivity contribution < 1.29 is 14.3 Å². The second kappa shape index (κ2) is 7.81. The fraction of sp³-hybridized carbons (Fsp3) is 0.158. The van der Waals surface area contributed by atoms with Crippen molar-refractivity contribution in [1.29, 1.82) is 0 Å². The van der Waals surface area contributed by atoms with Crippen LogP contribution in [0.5, 0.6) is 11.5 Å². The predicted molar refractivity (Wildman–Crippen MR) is 98.3 cm³/mol. The van der Waals surface area contributed by atoms with Crippen LogP contribution in [0.4, 0.5) is 0 Å². The highest BCUT2D eigenvalue weighted by Gasteiger charge is 2.13. The van der Waals surface area contributed by atoms with E-state index in [0.29, 0.717) is 23.7 Å². The molecule has 1 N–H and O–H groups in total. The molecule has 0 saturated carbocycles. The van der Waals surface area contributed by atoms with Gasteiger partial charge in [-0.15, -0.1) is 11.3 Å². The molecule has 1 heterocycles. The van der Waals surface area contributed by atoms with Gasteiger partial charge in [0.2, 0.25) is 0 Å². The number of benzene rings is 2. The summed E-state index contributed by atoms with van der Waals surface area (Å²) < 4.78 is 10.6. The molecular formula is C19H18N2O3S. The first kappa shape index (κ1) is 17.0. The van der Waals surface area contributed by atoms with Crippen LogP contribution in [-0.4, -0.2) is 25.1 Å². The van der Waals surface area contributed by atoms with E-state index in [1.165, 1.54) is 11.3 Å². The summed E-state index contributed by atoms with van der Waals surface area (Å²) in [5.41, 5.74) is 2.33. The third-order valence-electron chi connectivity index (χ3n) is 3.66. The molecule has 0 radical (unpaired) electrons. The Bertz CT molecular complexity index is 862. The minimum absolute atomic E-state index is 0.188. The van der Waals surface area contributed by atoms with E-state index in [4.69, 9.17) is 9.47 Å². The van der Waals surface area contributed by atoms with E-state index in [2.05, 4.69) is 10.3 Å². The van der Waals surface area contributed by atoms with Crippen LogP contribution in [0, 0.1) is 0 Å². The first-order valence-electron chi connectivity index (χ1n) is 7.71. The largest absolute Gasteiger partial charge is 0.493 e. The Morgan fingerprint density at radius 3 is 2.56 bits per heavy atom. The zero-order chi connectivity index (χ0) is 17.6. The van der Waals surface area contributed by atoms with Crippen molar-refractivity contribution in [2.45, 2.75) is 6.54 Å². The molecule has 0 aliphatic heterocycles. The maximum absolute atomic E-state index is 12.3. The first-order valence-corrected chi connectivity index (χ1v) is 8.59. The molecule has 5 nitrogen and oxygen atoms in total. The highest BCUT2D eigenvalue weighted by Crippen LogP contribution is 2.33. The molecule has 0 aliphatic carbocycles. The summed E-state index contributed by atoms with van der Waals surface area (Å²) in [6, 6.07) is 15.3. The number of methoxy groups -OCH3 is 2. The summed E-state index contributed by atoms with van der Waals surface area (Å²) in [6.07, 6.45) is 0. The van der Waals surface area contributed by atoms with Crippen LogP contribution in [-0.2, 0) is 6.54 Å². The molecule has 3 rings (SSSR count). The van der Waals surface area contributed by atoms with Crippen LogP contribution in [0.3, 0.4) is 0 Å². The van der Waals surface area contributed by atoms with Crippen molar-refractivity contribution in [3.8, 4) is 22.1 Å². The molecule has 1 aromatic heterocycles. The molecule has 0 fully saturated rings. The molecule has 0 saturated heterocycles. The number of thiazole rings is 1. The van der Waals surface area contributed by atoms with E-state index in [-0.39, 0.29) is 5.91 Å². The minimum Gasteiger partial charge on any atom is -0.493 e. The monoisotopic (exact) mass is 354 g/mol. The van der Waals surface area contributed by atoms with Crippen molar-refractivity contribution in [1.82, 2.24) is 10.3 Å². The lowest BCUT2D eigenvalue weighted by Gasteiger charge is -2.08. The second-order valence-electron chi connectivity index (χ2n) is 5.28. The van der Waals surface area contributed by atoms with Crippen LogP contribution in [0.15, 0.2) is 53.9 Å². The number of carbonyl (C=O) groups is 1. The van der Waals surface area contributed by atoms with Crippen molar-refractivity contribution in [2.75, 3.05) is 14.2 Å². The minimum atomic E-state index is -0.188. The number of hydrogen-bond donors (Lipinski definition) is 1. The smallest absolute Gasteiger partial charge is 0.271 e. The number of aromatic nitrogens is 1. The zero-order valence-corrected chi connectivity index (χ0v) is 14.8. The fourth-order valence-corrected chi connectivity index (χ4v) is 3.15. The maximum Gasteiger partial charge on any atom is 0.271 e. The zero-order valence-electron chi connectivity index (χ0n) is 14.0. The van der Waals surface area contributed by atoms with Gasteiger partial charge in [-0.05, 0) is 23.8 Å². The topological polar surface area (TPSA) is 60.5 Å². The number of hydrogen-bond acceptors (Lipinski definition) is 5. The van der Waals surface area contributed by atoms with E-state index >= 15 is 0 Å². The maximum atomic E-state index is 12.3. The van der Waals surface area contributed by atoms with Gasteiger partial charge < -0.3 is 14.8 Å². The number of nitrogens with one attached hydrogen (secondary N) is 1. The third-order valence-corrected chi connectivity index (χ3v) is 4.55. The van der Waals surface area contributed by atoms with Gasteiger partial charge in [0.25, 0.3) is 5.91 Å². The lowest BCUT2D eigenvalue weighted by molar-refractivity contribution is 0.0946. The van der Waals surface area contributed by atoms with Crippen LogP contribution < -0.4 is 14.8 Å². The lowest BCUT2D eigenvalue weighted by Crippen LogP contribution is -2.23. The predicted octanol–water partition coefficient (Wildman–Crippen LogP) is 3.76. The van der Waals surface area contributed by atoms with Crippen LogP contribution in [0.25, 0.3) is 10.6 Å². The Balaban J connectivity index is 1.72. The Morgan fingerprint density at radius 1 is 1.08 bits per heavy atom. The van der Waals surface area contributed by atoms with E-state index in [1.807, 2.05) is 48.5 Å². The molecule has 0 atom stereocenters. The molecule has 6 heteroatoms. The first-order chi connectivity index (χ1) is 12.2.